The standard InChI is InChI=1S/C13H15BrN2O3S2/c1-9-12(8-13(14)20-9)21(17,18)16-6-7-19-11-5-3-2-4-10(11)15/h2-5,8,16H,6-7,15H2,1H3. The number of aryl methyl sites for hydroxylation is 1. The molecule has 21 heavy (non-hydrogen) atoms. The maximum absolute atomic E-state index is 12.1. The average molecular weight is 391 g/mol. The van der Waals surface area contributed by atoms with Crippen LogP contribution in [0.2, 0.25) is 0 Å². The van der Waals surface area contributed by atoms with Gasteiger partial charge in [0.1, 0.15) is 12.4 Å². The Morgan fingerprint density at radius 2 is 2.10 bits per heavy atom. The number of halogens is 1. The van der Waals surface area contributed by atoms with Crippen LogP contribution in [0.25, 0.3) is 0 Å². The largest absolute Gasteiger partial charge is 0.490 e. The summed E-state index contributed by atoms with van der Waals surface area (Å²) in [4.78, 5) is 1.03. The van der Waals surface area contributed by atoms with Crippen LogP contribution in [0.4, 0.5) is 5.69 Å². The molecule has 0 atom stereocenters. The van der Waals surface area contributed by atoms with E-state index in [-0.39, 0.29) is 13.2 Å². The van der Waals surface area contributed by atoms with E-state index in [2.05, 4.69) is 20.7 Å². The number of sulfonamides is 1. The quantitative estimate of drug-likeness (QED) is 0.586. The normalized spacial score (nSPS) is 11.5. The van der Waals surface area contributed by atoms with Gasteiger partial charge in [-0.05, 0) is 41.1 Å². The van der Waals surface area contributed by atoms with Crippen molar-refractivity contribution in [2.24, 2.45) is 0 Å². The number of hydrogen-bond acceptors (Lipinski definition) is 5. The van der Waals surface area contributed by atoms with Crippen LogP contribution in [0.5, 0.6) is 5.75 Å². The molecule has 0 spiro atoms. The van der Waals surface area contributed by atoms with Crippen molar-refractivity contribution in [3.8, 4) is 5.75 Å². The monoisotopic (exact) mass is 390 g/mol. The number of thiophene rings is 1. The lowest BCUT2D eigenvalue weighted by Crippen LogP contribution is -2.28. The van der Waals surface area contributed by atoms with Crippen molar-refractivity contribution in [2.45, 2.75) is 11.8 Å². The van der Waals surface area contributed by atoms with Crippen LogP contribution >= 0.6 is 27.3 Å². The van der Waals surface area contributed by atoms with Crippen molar-refractivity contribution in [2.75, 3.05) is 18.9 Å². The molecule has 0 aliphatic carbocycles. The first-order valence-electron chi connectivity index (χ1n) is 6.13. The summed E-state index contributed by atoms with van der Waals surface area (Å²) in [6.07, 6.45) is 0. The van der Waals surface area contributed by atoms with Crippen LogP contribution < -0.4 is 15.2 Å². The minimum Gasteiger partial charge on any atom is -0.490 e. The third-order valence-electron chi connectivity index (χ3n) is 2.70. The minimum absolute atomic E-state index is 0.170. The van der Waals surface area contributed by atoms with E-state index >= 15 is 0 Å². The Hall–Kier alpha value is -1.09. The molecule has 8 heteroatoms. The molecule has 2 rings (SSSR count). The summed E-state index contributed by atoms with van der Waals surface area (Å²) in [5.41, 5.74) is 6.26. The summed E-state index contributed by atoms with van der Waals surface area (Å²) in [5, 5.41) is 0. The Balaban J connectivity index is 1.91. The highest BCUT2D eigenvalue weighted by molar-refractivity contribution is 9.11. The number of ether oxygens (including phenoxy) is 1. The molecule has 0 saturated heterocycles. The zero-order chi connectivity index (χ0) is 15.5. The lowest BCUT2D eigenvalue weighted by Gasteiger charge is -2.09. The average Bonchev–Trinajstić information content (AvgIpc) is 2.76. The van der Waals surface area contributed by atoms with E-state index in [1.54, 1.807) is 25.1 Å². The van der Waals surface area contributed by atoms with Gasteiger partial charge in [0.05, 0.1) is 14.4 Å². The molecule has 0 saturated carbocycles. The first-order valence-corrected chi connectivity index (χ1v) is 9.22. The lowest BCUT2D eigenvalue weighted by molar-refractivity contribution is 0.324. The van der Waals surface area contributed by atoms with Gasteiger partial charge in [-0.15, -0.1) is 11.3 Å². The van der Waals surface area contributed by atoms with Gasteiger partial charge in [-0.2, -0.15) is 0 Å². The zero-order valence-electron chi connectivity index (χ0n) is 11.3. The number of rotatable bonds is 6. The summed E-state index contributed by atoms with van der Waals surface area (Å²) in [7, 11) is -3.52. The first kappa shape index (κ1) is 16.3. The van der Waals surface area contributed by atoms with Gasteiger partial charge in [0, 0.05) is 11.4 Å². The fourth-order valence-electron chi connectivity index (χ4n) is 1.72. The van der Waals surface area contributed by atoms with E-state index < -0.39 is 10.0 Å². The lowest BCUT2D eigenvalue weighted by atomic mass is 10.3. The highest BCUT2D eigenvalue weighted by Gasteiger charge is 2.18. The molecule has 2 aromatic rings. The second kappa shape index (κ2) is 6.78. The van der Waals surface area contributed by atoms with Gasteiger partial charge in [-0.1, -0.05) is 12.1 Å². The molecule has 0 aliphatic heterocycles. The van der Waals surface area contributed by atoms with Gasteiger partial charge in [-0.3, -0.25) is 0 Å². The molecule has 3 N–H and O–H groups in total. The number of nitrogens with one attached hydrogen (secondary N) is 1. The summed E-state index contributed by atoms with van der Waals surface area (Å²) in [6.45, 7) is 2.15. The number of para-hydroxylation sites is 2. The van der Waals surface area contributed by atoms with Gasteiger partial charge in [0.2, 0.25) is 10.0 Å². The van der Waals surface area contributed by atoms with E-state index in [1.165, 1.54) is 11.3 Å². The summed E-state index contributed by atoms with van der Waals surface area (Å²) >= 11 is 4.67. The predicted molar refractivity (Wildman–Crippen MR) is 88.3 cm³/mol. The summed E-state index contributed by atoms with van der Waals surface area (Å²) in [5.74, 6) is 0.547. The van der Waals surface area contributed by atoms with Crippen molar-refractivity contribution in [1.82, 2.24) is 4.72 Å². The van der Waals surface area contributed by atoms with Gasteiger partial charge in [0.15, 0.2) is 0 Å². The third-order valence-corrected chi connectivity index (χ3v) is 5.97. The first-order chi connectivity index (χ1) is 9.90. The van der Waals surface area contributed by atoms with E-state index in [1.807, 2.05) is 12.1 Å². The number of anilines is 1. The van der Waals surface area contributed by atoms with Crippen molar-refractivity contribution in [3.63, 3.8) is 0 Å². The maximum Gasteiger partial charge on any atom is 0.241 e. The molecule has 1 aromatic carbocycles. The third kappa shape index (κ3) is 4.19. The van der Waals surface area contributed by atoms with E-state index in [0.717, 1.165) is 8.66 Å². The van der Waals surface area contributed by atoms with Crippen molar-refractivity contribution in [3.05, 3.63) is 39.0 Å². The fourth-order valence-corrected chi connectivity index (χ4v) is 5.15. The van der Waals surface area contributed by atoms with E-state index in [4.69, 9.17) is 10.5 Å². The summed E-state index contributed by atoms with van der Waals surface area (Å²) < 4.78 is 33.0. The molecule has 1 aromatic heterocycles. The van der Waals surface area contributed by atoms with Gasteiger partial charge in [0.25, 0.3) is 0 Å². The highest BCUT2D eigenvalue weighted by atomic mass is 79.9. The SMILES string of the molecule is Cc1sc(Br)cc1S(=O)(=O)NCCOc1ccccc1N. The van der Waals surface area contributed by atoms with Crippen LogP contribution in [-0.2, 0) is 10.0 Å². The molecule has 114 valence electrons. The Labute approximate surface area is 136 Å². The number of benzene rings is 1. The fraction of sp³-hybridized carbons (Fsp3) is 0.231. The number of nitrogen functional groups attached to an aromatic ring is 1. The topological polar surface area (TPSA) is 81.4 Å². The number of hydrogen-bond donors (Lipinski definition) is 2. The maximum atomic E-state index is 12.1. The minimum atomic E-state index is -3.52. The molecule has 1 heterocycles. The molecule has 0 aliphatic rings. The van der Waals surface area contributed by atoms with Crippen LogP contribution in [0.3, 0.4) is 0 Å². The Bertz CT molecular complexity index is 729. The Kier molecular flexibility index (Phi) is 5.26. The Morgan fingerprint density at radius 3 is 2.71 bits per heavy atom. The molecule has 0 bridgehead atoms. The number of nitrogens with two attached hydrogens (primary N) is 1. The second-order valence-corrected chi connectivity index (χ2v) is 8.63. The van der Waals surface area contributed by atoms with Crippen LogP contribution in [-0.4, -0.2) is 21.6 Å². The summed E-state index contributed by atoms with van der Waals surface area (Å²) in [6, 6.07) is 8.68. The molecule has 0 unspecified atom stereocenters. The van der Waals surface area contributed by atoms with Gasteiger partial charge in [-0.25, -0.2) is 13.1 Å². The highest BCUT2D eigenvalue weighted by Crippen LogP contribution is 2.29. The van der Waals surface area contributed by atoms with Crippen molar-refractivity contribution < 1.29 is 13.2 Å². The molecule has 0 fully saturated rings. The second-order valence-electron chi connectivity index (χ2n) is 4.26. The molecule has 0 amide bonds. The molecule has 5 nitrogen and oxygen atoms in total. The van der Waals surface area contributed by atoms with Crippen LogP contribution in [0.1, 0.15) is 4.88 Å². The predicted octanol–water partition coefficient (Wildman–Crippen LogP) is 2.76. The molecular weight excluding hydrogens is 376 g/mol. The molecule has 0 radical (unpaired) electrons. The smallest absolute Gasteiger partial charge is 0.241 e. The van der Waals surface area contributed by atoms with Gasteiger partial charge >= 0.3 is 0 Å². The van der Waals surface area contributed by atoms with Crippen molar-refractivity contribution >= 4 is 43.0 Å². The van der Waals surface area contributed by atoms with Gasteiger partial charge < -0.3 is 10.5 Å². The van der Waals surface area contributed by atoms with Crippen LogP contribution in [0.15, 0.2) is 39.0 Å². The van der Waals surface area contributed by atoms with E-state index in [0.29, 0.717) is 16.3 Å². The zero-order valence-corrected chi connectivity index (χ0v) is 14.5. The van der Waals surface area contributed by atoms with Crippen molar-refractivity contribution in [1.29, 1.82) is 0 Å². The van der Waals surface area contributed by atoms with E-state index in [9.17, 15) is 8.42 Å². The molecular formula is C13H15BrN2O3S2. The Morgan fingerprint density at radius 1 is 1.38 bits per heavy atom. The van der Waals surface area contributed by atoms with Crippen LogP contribution in [0, 0.1) is 6.92 Å².